The van der Waals surface area contributed by atoms with E-state index in [0.29, 0.717) is 0 Å². The third-order valence-corrected chi connectivity index (χ3v) is 4.16. The summed E-state index contributed by atoms with van der Waals surface area (Å²) in [5, 5.41) is 3.76. The fraction of sp³-hybridized carbons (Fsp3) is 0.500. The summed E-state index contributed by atoms with van der Waals surface area (Å²) in [7, 11) is 0. The Bertz CT molecular complexity index is 382. The van der Waals surface area contributed by atoms with Crippen LogP contribution in [0.3, 0.4) is 0 Å². The van der Waals surface area contributed by atoms with Crippen LogP contribution in [-0.2, 0) is 6.54 Å². The smallest absolute Gasteiger partial charge is 0.0208 e. The lowest BCUT2D eigenvalue weighted by Crippen LogP contribution is -2.31. The molecule has 3 unspecified atom stereocenters. The normalized spacial score (nSPS) is 31.4. The molecule has 90 valence electrons. The summed E-state index contributed by atoms with van der Waals surface area (Å²) in [6.07, 6.45) is 10.1. The lowest BCUT2D eigenvalue weighted by Gasteiger charge is -2.19. The third kappa shape index (κ3) is 2.78. The zero-order chi connectivity index (χ0) is 11.5. The van der Waals surface area contributed by atoms with Crippen molar-refractivity contribution in [3.05, 3.63) is 48.0 Å². The standard InChI is InChI=1S/C16H21N/c1-3-7-13(8-4-1)12-17-16-10-6-2-5-9-14-11-15(14)16/h1-5,7-8,14-17H,6,9-12H2. The van der Waals surface area contributed by atoms with Gasteiger partial charge in [0, 0.05) is 12.6 Å². The zero-order valence-electron chi connectivity index (χ0n) is 10.3. The summed E-state index contributed by atoms with van der Waals surface area (Å²) in [4.78, 5) is 0. The third-order valence-electron chi connectivity index (χ3n) is 4.16. The predicted molar refractivity (Wildman–Crippen MR) is 71.7 cm³/mol. The molecular formula is C16H21N. The van der Waals surface area contributed by atoms with Crippen molar-refractivity contribution in [2.75, 3.05) is 0 Å². The summed E-state index contributed by atoms with van der Waals surface area (Å²) < 4.78 is 0. The van der Waals surface area contributed by atoms with Crippen molar-refractivity contribution in [2.24, 2.45) is 11.8 Å². The Hall–Kier alpha value is -1.08. The maximum Gasteiger partial charge on any atom is 0.0208 e. The first kappa shape index (κ1) is 11.0. The van der Waals surface area contributed by atoms with Crippen LogP contribution in [0.4, 0.5) is 0 Å². The van der Waals surface area contributed by atoms with E-state index in [2.05, 4.69) is 47.8 Å². The highest BCUT2D eigenvalue weighted by atomic mass is 14.9. The molecule has 1 N–H and O–H groups in total. The van der Waals surface area contributed by atoms with Crippen LogP contribution < -0.4 is 5.32 Å². The molecule has 1 saturated carbocycles. The van der Waals surface area contributed by atoms with Gasteiger partial charge in [-0.3, -0.25) is 0 Å². The maximum absolute atomic E-state index is 3.76. The Labute approximate surface area is 104 Å². The second-order valence-corrected chi connectivity index (χ2v) is 5.42. The van der Waals surface area contributed by atoms with E-state index in [9.17, 15) is 0 Å². The van der Waals surface area contributed by atoms with Crippen molar-refractivity contribution >= 4 is 0 Å². The minimum atomic E-state index is 0.741. The van der Waals surface area contributed by atoms with Crippen molar-refractivity contribution in [3.8, 4) is 0 Å². The van der Waals surface area contributed by atoms with Crippen molar-refractivity contribution in [2.45, 2.75) is 38.3 Å². The fourth-order valence-corrected chi connectivity index (χ4v) is 3.01. The fourth-order valence-electron chi connectivity index (χ4n) is 3.01. The Morgan fingerprint density at radius 2 is 2.00 bits per heavy atom. The molecular weight excluding hydrogens is 206 g/mol. The first-order chi connectivity index (χ1) is 8.43. The highest BCUT2D eigenvalue weighted by molar-refractivity contribution is 5.14. The number of hydrogen-bond acceptors (Lipinski definition) is 1. The summed E-state index contributed by atoms with van der Waals surface area (Å²) in [5.74, 6) is 1.92. The molecule has 1 heteroatoms. The minimum absolute atomic E-state index is 0.741. The second kappa shape index (κ2) is 5.05. The van der Waals surface area contributed by atoms with Crippen molar-refractivity contribution in [1.82, 2.24) is 5.32 Å². The van der Waals surface area contributed by atoms with Gasteiger partial charge in [0.15, 0.2) is 0 Å². The van der Waals surface area contributed by atoms with Gasteiger partial charge in [0.25, 0.3) is 0 Å². The van der Waals surface area contributed by atoms with Gasteiger partial charge in [-0.05, 0) is 43.1 Å². The Morgan fingerprint density at radius 1 is 1.12 bits per heavy atom. The molecule has 1 nitrogen and oxygen atoms in total. The van der Waals surface area contributed by atoms with E-state index in [-0.39, 0.29) is 0 Å². The Balaban J connectivity index is 1.56. The zero-order valence-corrected chi connectivity index (χ0v) is 10.3. The highest BCUT2D eigenvalue weighted by Gasteiger charge is 2.41. The molecule has 0 aliphatic heterocycles. The first-order valence-corrected chi connectivity index (χ1v) is 6.86. The molecule has 1 aromatic rings. The van der Waals surface area contributed by atoms with Crippen molar-refractivity contribution in [3.63, 3.8) is 0 Å². The van der Waals surface area contributed by atoms with E-state index >= 15 is 0 Å². The molecule has 0 saturated heterocycles. The van der Waals surface area contributed by atoms with Gasteiger partial charge in [-0.15, -0.1) is 0 Å². The van der Waals surface area contributed by atoms with Crippen LogP contribution in [0.5, 0.6) is 0 Å². The Morgan fingerprint density at radius 3 is 2.88 bits per heavy atom. The van der Waals surface area contributed by atoms with E-state index in [1.165, 1.54) is 31.2 Å². The summed E-state index contributed by atoms with van der Waals surface area (Å²) in [6.45, 7) is 1.03. The lowest BCUT2D eigenvalue weighted by atomic mass is 10.0. The van der Waals surface area contributed by atoms with Crippen molar-refractivity contribution < 1.29 is 0 Å². The van der Waals surface area contributed by atoms with E-state index < -0.39 is 0 Å². The van der Waals surface area contributed by atoms with Crippen LogP contribution in [0, 0.1) is 11.8 Å². The van der Waals surface area contributed by atoms with E-state index in [0.717, 1.165) is 24.4 Å². The highest BCUT2D eigenvalue weighted by Crippen LogP contribution is 2.46. The topological polar surface area (TPSA) is 12.0 Å². The molecule has 3 atom stereocenters. The molecule has 0 radical (unpaired) electrons. The maximum atomic E-state index is 3.76. The second-order valence-electron chi connectivity index (χ2n) is 5.42. The SMILES string of the molecule is C1=CCC2CC2C(NCc2ccccc2)CC1. The number of nitrogens with one attached hydrogen (secondary N) is 1. The summed E-state index contributed by atoms with van der Waals surface area (Å²) >= 11 is 0. The number of hydrogen-bond donors (Lipinski definition) is 1. The molecule has 0 amide bonds. The molecule has 1 aromatic carbocycles. The average molecular weight is 227 g/mol. The van der Waals surface area contributed by atoms with Crippen LogP contribution in [-0.4, -0.2) is 6.04 Å². The van der Waals surface area contributed by atoms with Gasteiger partial charge in [0.05, 0.1) is 0 Å². The quantitative estimate of drug-likeness (QED) is 0.779. The average Bonchev–Trinajstić information content (AvgIpc) is 3.09. The van der Waals surface area contributed by atoms with Crippen LogP contribution in [0.25, 0.3) is 0 Å². The molecule has 1 fully saturated rings. The van der Waals surface area contributed by atoms with Gasteiger partial charge >= 0.3 is 0 Å². The number of fused-ring (bicyclic) bond motifs is 1. The van der Waals surface area contributed by atoms with E-state index in [1.54, 1.807) is 0 Å². The molecule has 0 bridgehead atoms. The van der Waals surface area contributed by atoms with Crippen LogP contribution >= 0.6 is 0 Å². The van der Waals surface area contributed by atoms with Gasteiger partial charge in [-0.2, -0.15) is 0 Å². The van der Waals surface area contributed by atoms with Crippen LogP contribution in [0.2, 0.25) is 0 Å². The molecule has 0 heterocycles. The molecule has 0 aromatic heterocycles. The molecule has 0 spiro atoms. The largest absolute Gasteiger partial charge is 0.310 e. The van der Waals surface area contributed by atoms with Gasteiger partial charge in [-0.1, -0.05) is 42.5 Å². The van der Waals surface area contributed by atoms with Crippen molar-refractivity contribution in [1.29, 1.82) is 0 Å². The van der Waals surface area contributed by atoms with Gasteiger partial charge in [0.2, 0.25) is 0 Å². The van der Waals surface area contributed by atoms with Gasteiger partial charge in [0.1, 0.15) is 0 Å². The van der Waals surface area contributed by atoms with E-state index in [1.807, 2.05) is 0 Å². The van der Waals surface area contributed by atoms with Crippen LogP contribution in [0.1, 0.15) is 31.2 Å². The lowest BCUT2D eigenvalue weighted by molar-refractivity contribution is 0.413. The Kier molecular flexibility index (Phi) is 3.28. The summed E-state index contributed by atoms with van der Waals surface area (Å²) in [6, 6.07) is 11.5. The first-order valence-electron chi connectivity index (χ1n) is 6.86. The number of rotatable bonds is 3. The predicted octanol–water partition coefficient (Wildman–Crippen LogP) is 3.52. The molecule has 17 heavy (non-hydrogen) atoms. The summed E-state index contributed by atoms with van der Waals surface area (Å²) in [5.41, 5.74) is 1.40. The van der Waals surface area contributed by atoms with Crippen LogP contribution in [0.15, 0.2) is 42.5 Å². The molecule has 2 aliphatic rings. The minimum Gasteiger partial charge on any atom is -0.310 e. The van der Waals surface area contributed by atoms with E-state index in [4.69, 9.17) is 0 Å². The number of benzene rings is 1. The number of allylic oxidation sites excluding steroid dienone is 2. The van der Waals surface area contributed by atoms with Gasteiger partial charge < -0.3 is 5.32 Å². The monoisotopic (exact) mass is 227 g/mol. The molecule has 3 rings (SSSR count). The molecule has 2 aliphatic carbocycles. The van der Waals surface area contributed by atoms with Gasteiger partial charge in [-0.25, -0.2) is 0 Å².